The largest absolute Gasteiger partial charge is 0.360 e. The van der Waals surface area contributed by atoms with Gasteiger partial charge in [0.05, 0.1) is 11.4 Å². The molecule has 1 aromatic carbocycles. The molecule has 0 saturated carbocycles. The van der Waals surface area contributed by atoms with Crippen molar-refractivity contribution in [1.29, 1.82) is 5.26 Å². The number of benzene rings is 1. The highest BCUT2D eigenvalue weighted by atomic mass is 35.5. The van der Waals surface area contributed by atoms with Crippen LogP contribution < -0.4 is 0 Å². The van der Waals surface area contributed by atoms with Crippen LogP contribution in [0.3, 0.4) is 0 Å². The first kappa shape index (κ1) is 13.3. The Morgan fingerprint density at radius 3 is 2.81 bits per heavy atom. The minimum atomic E-state index is 0.234. The molecular formula is C14H9ClN4O2. The number of hydrogen-bond donors (Lipinski definition) is 0. The van der Waals surface area contributed by atoms with E-state index in [-0.39, 0.29) is 6.42 Å². The van der Waals surface area contributed by atoms with Crippen molar-refractivity contribution in [3.8, 4) is 17.5 Å². The molecule has 3 aromatic rings. The number of aryl methyl sites for hydroxylation is 1. The Morgan fingerprint density at radius 1 is 1.24 bits per heavy atom. The maximum Gasteiger partial charge on any atom is 0.233 e. The summed E-state index contributed by atoms with van der Waals surface area (Å²) in [6, 6.07) is 9.26. The van der Waals surface area contributed by atoms with Gasteiger partial charge in [-0.05, 0) is 19.1 Å². The van der Waals surface area contributed by atoms with Gasteiger partial charge in [0, 0.05) is 5.56 Å². The van der Waals surface area contributed by atoms with Gasteiger partial charge in [-0.25, -0.2) is 0 Å². The van der Waals surface area contributed by atoms with Gasteiger partial charge in [0.25, 0.3) is 0 Å². The normalized spacial score (nSPS) is 10.5. The van der Waals surface area contributed by atoms with Crippen molar-refractivity contribution in [2.24, 2.45) is 0 Å². The van der Waals surface area contributed by atoms with E-state index in [1.54, 1.807) is 19.1 Å². The van der Waals surface area contributed by atoms with E-state index >= 15 is 0 Å². The van der Waals surface area contributed by atoms with E-state index < -0.39 is 0 Å². The second kappa shape index (κ2) is 5.38. The lowest BCUT2D eigenvalue weighted by atomic mass is 10.1. The van der Waals surface area contributed by atoms with E-state index in [4.69, 9.17) is 25.9 Å². The van der Waals surface area contributed by atoms with Crippen LogP contribution in [0.4, 0.5) is 0 Å². The second-order valence-corrected chi connectivity index (χ2v) is 4.75. The Balaban J connectivity index is 1.89. The molecule has 0 atom stereocenters. The maximum atomic E-state index is 9.05. The molecule has 0 saturated heterocycles. The van der Waals surface area contributed by atoms with E-state index in [0.29, 0.717) is 39.3 Å². The van der Waals surface area contributed by atoms with Crippen molar-refractivity contribution in [3.05, 3.63) is 52.2 Å². The quantitative estimate of drug-likeness (QED) is 0.738. The van der Waals surface area contributed by atoms with Crippen LogP contribution >= 0.6 is 11.6 Å². The van der Waals surface area contributed by atoms with Gasteiger partial charge in [-0.3, -0.25) is 0 Å². The fourth-order valence-corrected chi connectivity index (χ4v) is 2.12. The van der Waals surface area contributed by atoms with E-state index in [0.717, 1.165) is 0 Å². The van der Waals surface area contributed by atoms with Crippen LogP contribution in [-0.4, -0.2) is 15.3 Å². The van der Waals surface area contributed by atoms with Crippen molar-refractivity contribution in [3.63, 3.8) is 0 Å². The zero-order valence-corrected chi connectivity index (χ0v) is 11.8. The molecule has 104 valence electrons. The molecule has 21 heavy (non-hydrogen) atoms. The Kier molecular flexibility index (Phi) is 3.42. The zero-order chi connectivity index (χ0) is 14.8. The summed E-state index contributed by atoms with van der Waals surface area (Å²) in [4.78, 5) is 4.27. The molecule has 2 aromatic heterocycles. The number of hydrogen-bond acceptors (Lipinski definition) is 6. The lowest BCUT2D eigenvalue weighted by Crippen LogP contribution is -1.92. The fourth-order valence-electron chi connectivity index (χ4n) is 1.90. The molecule has 0 aliphatic rings. The smallest absolute Gasteiger partial charge is 0.233 e. The van der Waals surface area contributed by atoms with Crippen molar-refractivity contribution < 1.29 is 9.05 Å². The molecule has 0 bridgehead atoms. The number of halogens is 1. The number of rotatable bonds is 3. The van der Waals surface area contributed by atoms with Crippen LogP contribution in [0.15, 0.2) is 33.3 Å². The zero-order valence-electron chi connectivity index (χ0n) is 11.0. The monoisotopic (exact) mass is 300 g/mol. The predicted octanol–water partition coefficient (Wildman–Crippen LogP) is 3.15. The summed E-state index contributed by atoms with van der Waals surface area (Å²) in [6.07, 6.45) is 0.234. The summed E-state index contributed by atoms with van der Waals surface area (Å²) in [6.45, 7) is 1.68. The van der Waals surface area contributed by atoms with Crippen molar-refractivity contribution in [1.82, 2.24) is 15.3 Å². The van der Waals surface area contributed by atoms with Gasteiger partial charge >= 0.3 is 0 Å². The molecule has 0 unspecified atom stereocenters. The first-order valence-corrected chi connectivity index (χ1v) is 6.49. The third-order valence-electron chi connectivity index (χ3n) is 2.95. The highest BCUT2D eigenvalue weighted by Gasteiger charge is 2.17. The average Bonchev–Trinajstić information content (AvgIpc) is 3.07. The minimum Gasteiger partial charge on any atom is -0.360 e. The standard InChI is InChI=1S/C14H9ClN4O2/c1-8-10(7-16)12(18-20-8)6-13-17-14(19-21-13)9-4-2-3-5-11(9)15/h2-5H,6H2,1H3. The molecule has 0 N–H and O–H groups in total. The molecule has 6 nitrogen and oxygen atoms in total. The number of nitrogens with zero attached hydrogens (tertiary/aromatic N) is 4. The molecular weight excluding hydrogens is 292 g/mol. The first-order chi connectivity index (χ1) is 10.2. The summed E-state index contributed by atoms with van der Waals surface area (Å²) in [5, 5.41) is 17.3. The van der Waals surface area contributed by atoms with E-state index in [9.17, 15) is 0 Å². The Hall–Kier alpha value is -2.65. The summed E-state index contributed by atoms with van der Waals surface area (Å²) < 4.78 is 10.2. The Labute approximate surface area is 124 Å². The van der Waals surface area contributed by atoms with Gasteiger partial charge < -0.3 is 9.05 Å². The van der Waals surface area contributed by atoms with Gasteiger partial charge in [-0.2, -0.15) is 10.2 Å². The third-order valence-corrected chi connectivity index (χ3v) is 3.28. The summed E-state index contributed by atoms with van der Waals surface area (Å²) in [5.41, 5.74) is 1.56. The highest BCUT2D eigenvalue weighted by Crippen LogP contribution is 2.25. The van der Waals surface area contributed by atoms with E-state index in [1.165, 1.54) is 0 Å². The van der Waals surface area contributed by atoms with Crippen LogP contribution in [0, 0.1) is 18.3 Å². The number of nitriles is 1. The third kappa shape index (κ3) is 2.51. The van der Waals surface area contributed by atoms with E-state index in [2.05, 4.69) is 15.3 Å². The summed E-state index contributed by atoms with van der Waals surface area (Å²) in [5.74, 6) is 1.21. The molecule has 0 aliphatic carbocycles. The second-order valence-electron chi connectivity index (χ2n) is 4.34. The van der Waals surface area contributed by atoms with E-state index in [1.807, 2.05) is 18.2 Å². The van der Waals surface area contributed by atoms with Crippen molar-refractivity contribution >= 4 is 11.6 Å². The molecule has 0 amide bonds. The highest BCUT2D eigenvalue weighted by molar-refractivity contribution is 6.33. The molecule has 3 rings (SSSR count). The first-order valence-electron chi connectivity index (χ1n) is 6.11. The molecule has 0 aliphatic heterocycles. The van der Waals surface area contributed by atoms with Crippen molar-refractivity contribution in [2.45, 2.75) is 13.3 Å². The fraction of sp³-hybridized carbons (Fsp3) is 0.143. The maximum absolute atomic E-state index is 9.05. The number of aromatic nitrogens is 3. The summed E-state index contributed by atoms with van der Waals surface area (Å²) in [7, 11) is 0. The van der Waals surface area contributed by atoms with Gasteiger partial charge in [-0.1, -0.05) is 34.0 Å². The van der Waals surface area contributed by atoms with Gasteiger partial charge in [0.1, 0.15) is 17.3 Å². The Bertz CT molecular complexity index is 832. The van der Waals surface area contributed by atoms with Crippen molar-refractivity contribution in [2.75, 3.05) is 0 Å². The lowest BCUT2D eigenvalue weighted by molar-refractivity contribution is 0.371. The molecule has 7 heteroatoms. The molecule has 0 spiro atoms. The lowest BCUT2D eigenvalue weighted by Gasteiger charge is -1.95. The SMILES string of the molecule is Cc1onc(Cc2nc(-c3ccccc3Cl)no2)c1C#N. The van der Waals surface area contributed by atoms with Gasteiger partial charge in [0.15, 0.2) is 5.76 Å². The Morgan fingerprint density at radius 2 is 2.05 bits per heavy atom. The summed E-state index contributed by atoms with van der Waals surface area (Å²) >= 11 is 6.09. The minimum absolute atomic E-state index is 0.234. The van der Waals surface area contributed by atoms with Crippen LogP contribution in [0.1, 0.15) is 22.9 Å². The van der Waals surface area contributed by atoms with Crippen LogP contribution in [0.2, 0.25) is 5.02 Å². The predicted molar refractivity (Wildman–Crippen MR) is 73.5 cm³/mol. The van der Waals surface area contributed by atoms with Gasteiger partial charge in [0.2, 0.25) is 11.7 Å². The van der Waals surface area contributed by atoms with Gasteiger partial charge in [-0.15, -0.1) is 0 Å². The van der Waals surface area contributed by atoms with Crippen LogP contribution in [0.5, 0.6) is 0 Å². The molecule has 0 fully saturated rings. The molecule has 2 heterocycles. The van der Waals surface area contributed by atoms with Crippen LogP contribution in [-0.2, 0) is 6.42 Å². The molecule has 0 radical (unpaired) electrons. The average molecular weight is 301 g/mol. The van der Waals surface area contributed by atoms with Crippen LogP contribution in [0.25, 0.3) is 11.4 Å². The topological polar surface area (TPSA) is 88.7 Å².